The van der Waals surface area contributed by atoms with Crippen LogP contribution in [-0.2, 0) is 10.3 Å². The monoisotopic (exact) mass is 175 g/mol. The lowest BCUT2D eigenvalue weighted by molar-refractivity contribution is 0.0177. The number of hydrogen-bond acceptors (Lipinski definition) is 2. The Labute approximate surface area is 77.9 Å². The number of rotatable bonds is 0. The van der Waals surface area contributed by atoms with Crippen LogP contribution in [0.5, 0.6) is 0 Å². The highest BCUT2D eigenvalue weighted by Gasteiger charge is 2.42. The highest BCUT2D eigenvalue weighted by Crippen LogP contribution is 2.43. The minimum absolute atomic E-state index is 0.0105. The smallest absolute Gasteiger partial charge is 0.112 e. The third-order valence-corrected chi connectivity index (χ3v) is 3.09. The molecule has 1 atom stereocenters. The van der Waals surface area contributed by atoms with Crippen LogP contribution in [0.4, 0.5) is 5.69 Å². The van der Waals surface area contributed by atoms with E-state index >= 15 is 0 Å². The molecule has 1 N–H and O–H groups in total. The molecule has 0 aliphatic carbocycles. The van der Waals surface area contributed by atoms with Crippen molar-refractivity contribution >= 4 is 5.69 Å². The van der Waals surface area contributed by atoms with E-state index in [0.29, 0.717) is 0 Å². The quantitative estimate of drug-likeness (QED) is 0.652. The summed E-state index contributed by atoms with van der Waals surface area (Å²) in [5, 5.41) is 3.41. The molecule has 2 nitrogen and oxygen atoms in total. The molecule has 2 aliphatic rings. The summed E-state index contributed by atoms with van der Waals surface area (Å²) in [5.74, 6) is 0. The molecule has 1 unspecified atom stereocenters. The van der Waals surface area contributed by atoms with E-state index in [2.05, 4.69) is 29.6 Å². The molecule has 68 valence electrons. The molecule has 0 amide bonds. The topological polar surface area (TPSA) is 21.3 Å². The first-order chi connectivity index (χ1) is 6.41. The van der Waals surface area contributed by atoms with E-state index in [4.69, 9.17) is 4.74 Å². The van der Waals surface area contributed by atoms with E-state index in [1.807, 2.05) is 0 Å². The Kier molecular flexibility index (Phi) is 1.41. The van der Waals surface area contributed by atoms with E-state index in [1.54, 1.807) is 0 Å². The van der Waals surface area contributed by atoms with Crippen molar-refractivity contribution in [2.75, 3.05) is 18.5 Å². The molecule has 1 saturated heterocycles. The van der Waals surface area contributed by atoms with Gasteiger partial charge in [-0.1, -0.05) is 18.2 Å². The molecule has 1 spiro atoms. The summed E-state index contributed by atoms with van der Waals surface area (Å²) < 4.78 is 5.87. The third-order valence-electron chi connectivity index (χ3n) is 3.09. The number of benzene rings is 1. The van der Waals surface area contributed by atoms with Gasteiger partial charge in [-0.25, -0.2) is 0 Å². The number of para-hydroxylation sites is 1. The molecule has 0 bridgehead atoms. The lowest BCUT2D eigenvalue weighted by Crippen LogP contribution is -2.26. The molecular formula is C11H13NO. The molecule has 13 heavy (non-hydrogen) atoms. The van der Waals surface area contributed by atoms with Crippen molar-refractivity contribution in [3.8, 4) is 0 Å². The van der Waals surface area contributed by atoms with Crippen LogP contribution < -0.4 is 5.32 Å². The Morgan fingerprint density at radius 2 is 2.23 bits per heavy atom. The SMILES string of the molecule is c1ccc2c(c1)NCC21CCCO1. The maximum absolute atomic E-state index is 5.87. The second-order valence-electron chi connectivity index (χ2n) is 3.85. The van der Waals surface area contributed by atoms with E-state index in [1.165, 1.54) is 17.7 Å². The maximum atomic E-state index is 5.87. The fourth-order valence-corrected chi connectivity index (χ4v) is 2.42. The molecule has 1 aromatic rings. The van der Waals surface area contributed by atoms with Crippen molar-refractivity contribution in [1.29, 1.82) is 0 Å². The molecule has 0 saturated carbocycles. The summed E-state index contributed by atoms with van der Waals surface area (Å²) in [6.45, 7) is 1.86. The van der Waals surface area contributed by atoms with Crippen LogP contribution in [0.2, 0.25) is 0 Å². The van der Waals surface area contributed by atoms with Crippen molar-refractivity contribution < 1.29 is 4.74 Å². The summed E-state index contributed by atoms with van der Waals surface area (Å²) in [7, 11) is 0. The first-order valence-electron chi connectivity index (χ1n) is 4.88. The zero-order chi connectivity index (χ0) is 8.73. The largest absolute Gasteiger partial charge is 0.381 e. The van der Waals surface area contributed by atoms with Crippen molar-refractivity contribution in [3.05, 3.63) is 29.8 Å². The number of ether oxygens (including phenoxy) is 1. The van der Waals surface area contributed by atoms with Gasteiger partial charge in [-0.05, 0) is 18.9 Å². The van der Waals surface area contributed by atoms with E-state index in [-0.39, 0.29) is 5.60 Å². The van der Waals surface area contributed by atoms with Crippen LogP contribution in [-0.4, -0.2) is 13.2 Å². The number of anilines is 1. The number of fused-ring (bicyclic) bond motifs is 2. The summed E-state index contributed by atoms with van der Waals surface area (Å²) >= 11 is 0. The van der Waals surface area contributed by atoms with Crippen molar-refractivity contribution in [2.24, 2.45) is 0 Å². The molecule has 3 rings (SSSR count). The van der Waals surface area contributed by atoms with Crippen molar-refractivity contribution in [1.82, 2.24) is 0 Å². The first kappa shape index (κ1) is 7.39. The average molecular weight is 175 g/mol. The Morgan fingerprint density at radius 3 is 3.08 bits per heavy atom. The predicted molar refractivity (Wildman–Crippen MR) is 51.8 cm³/mol. The van der Waals surface area contributed by atoms with Crippen LogP contribution in [0.3, 0.4) is 0 Å². The molecule has 1 fully saturated rings. The molecule has 2 aliphatic heterocycles. The zero-order valence-electron chi connectivity index (χ0n) is 7.55. The van der Waals surface area contributed by atoms with Gasteiger partial charge in [0.25, 0.3) is 0 Å². The average Bonchev–Trinajstić information content (AvgIpc) is 2.78. The summed E-state index contributed by atoms with van der Waals surface area (Å²) in [6, 6.07) is 8.47. The highest BCUT2D eigenvalue weighted by atomic mass is 16.5. The van der Waals surface area contributed by atoms with Gasteiger partial charge in [0.2, 0.25) is 0 Å². The summed E-state index contributed by atoms with van der Waals surface area (Å²) in [6.07, 6.45) is 2.35. The van der Waals surface area contributed by atoms with Crippen LogP contribution in [0, 0.1) is 0 Å². The second-order valence-corrected chi connectivity index (χ2v) is 3.85. The van der Waals surface area contributed by atoms with Crippen LogP contribution >= 0.6 is 0 Å². The number of nitrogens with one attached hydrogen (secondary N) is 1. The highest BCUT2D eigenvalue weighted by molar-refractivity contribution is 5.59. The van der Waals surface area contributed by atoms with Crippen LogP contribution in [0.1, 0.15) is 18.4 Å². The van der Waals surface area contributed by atoms with Gasteiger partial charge in [0.1, 0.15) is 5.60 Å². The van der Waals surface area contributed by atoms with Gasteiger partial charge in [-0.2, -0.15) is 0 Å². The molecule has 1 aromatic carbocycles. The summed E-state index contributed by atoms with van der Waals surface area (Å²) in [5.41, 5.74) is 2.62. The van der Waals surface area contributed by atoms with Crippen molar-refractivity contribution in [3.63, 3.8) is 0 Å². The molecule has 0 radical (unpaired) electrons. The van der Waals surface area contributed by atoms with E-state index < -0.39 is 0 Å². The fourth-order valence-electron chi connectivity index (χ4n) is 2.42. The van der Waals surface area contributed by atoms with Gasteiger partial charge >= 0.3 is 0 Å². The summed E-state index contributed by atoms with van der Waals surface area (Å²) in [4.78, 5) is 0. The Morgan fingerprint density at radius 1 is 1.31 bits per heavy atom. The van der Waals surface area contributed by atoms with Gasteiger partial charge in [0.15, 0.2) is 0 Å². The van der Waals surface area contributed by atoms with Gasteiger partial charge in [0, 0.05) is 24.4 Å². The molecule has 2 heteroatoms. The normalized spacial score (nSPS) is 30.5. The van der Waals surface area contributed by atoms with Gasteiger partial charge in [-0.3, -0.25) is 0 Å². The van der Waals surface area contributed by atoms with Gasteiger partial charge < -0.3 is 10.1 Å². The molecular weight excluding hydrogens is 162 g/mol. The number of hydrogen-bond donors (Lipinski definition) is 1. The van der Waals surface area contributed by atoms with Crippen molar-refractivity contribution in [2.45, 2.75) is 18.4 Å². The maximum Gasteiger partial charge on any atom is 0.112 e. The standard InChI is InChI=1S/C11H13NO/c1-2-5-10-9(4-1)11(8-12-10)6-3-7-13-11/h1-2,4-5,12H,3,6-8H2. The van der Waals surface area contributed by atoms with Crippen LogP contribution in [0.15, 0.2) is 24.3 Å². The Hall–Kier alpha value is -1.02. The van der Waals surface area contributed by atoms with Crippen LogP contribution in [0.25, 0.3) is 0 Å². The lowest BCUT2D eigenvalue weighted by Gasteiger charge is -2.21. The molecule has 0 aromatic heterocycles. The fraction of sp³-hybridized carbons (Fsp3) is 0.455. The second kappa shape index (κ2) is 2.48. The Bertz CT molecular complexity index is 329. The van der Waals surface area contributed by atoms with Gasteiger partial charge in [-0.15, -0.1) is 0 Å². The van der Waals surface area contributed by atoms with Gasteiger partial charge in [0.05, 0.1) is 0 Å². The molecule has 2 heterocycles. The Balaban J connectivity index is 2.11. The predicted octanol–water partition coefficient (Wildman–Crippen LogP) is 2.12. The minimum atomic E-state index is 0.0105. The van der Waals surface area contributed by atoms with E-state index in [9.17, 15) is 0 Å². The minimum Gasteiger partial charge on any atom is -0.381 e. The first-order valence-corrected chi connectivity index (χ1v) is 4.88. The van der Waals surface area contributed by atoms with E-state index in [0.717, 1.165) is 19.6 Å². The third kappa shape index (κ3) is 0.923. The lowest BCUT2D eigenvalue weighted by atomic mass is 9.93. The zero-order valence-corrected chi connectivity index (χ0v) is 7.55.